The van der Waals surface area contributed by atoms with Gasteiger partial charge in [0.2, 0.25) is 5.91 Å². The molecule has 0 bridgehead atoms. The maximum atomic E-state index is 12.3. The van der Waals surface area contributed by atoms with Crippen molar-refractivity contribution in [3.05, 3.63) is 0 Å². The highest BCUT2D eigenvalue weighted by Crippen LogP contribution is 2.22. The molecule has 0 saturated carbocycles. The summed E-state index contributed by atoms with van der Waals surface area (Å²) in [4.78, 5) is 14.1. The molecule has 4 nitrogen and oxygen atoms in total. The molecule has 0 aromatic carbocycles. The van der Waals surface area contributed by atoms with E-state index >= 15 is 0 Å². The summed E-state index contributed by atoms with van der Waals surface area (Å²) in [5.74, 6) is 0.284. The lowest BCUT2D eigenvalue weighted by Gasteiger charge is -2.42. The first kappa shape index (κ1) is 14.5. The lowest BCUT2D eigenvalue weighted by Crippen LogP contribution is -2.58. The minimum absolute atomic E-state index is 0.0579. The number of hydrogen-bond acceptors (Lipinski definition) is 3. The normalized spacial score (nSPS) is 27.6. The van der Waals surface area contributed by atoms with Crippen molar-refractivity contribution in [3.63, 3.8) is 0 Å². The van der Waals surface area contributed by atoms with Crippen LogP contribution in [0.3, 0.4) is 0 Å². The van der Waals surface area contributed by atoms with E-state index in [1.165, 1.54) is 0 Å². The Kier molecular flexibility index (Phi) is 4.55. The minimum Gasteiger partial charge on any atom is -0.369 e. The third-order valence-corrected chi connectivity index (χ3v) is 3.42. The van der Waals surface area contributed by atoms with Gasteiger partial charge in [0, 0.05) is 13.1 Å². The maximum Gasteiger partial charge on any atom is 0.239 e. The van der Waals surface area contributed by atoms with Crippen molar-refractivity contribution in [1.29, 1.82) is 0 Å². The van der Waals surface area contributed by atoms with Crippen LogP contribution in [0.2, 0.25) is 0 Å². The minimum atomic E-state index is -0.388. The number of amides is 1. The Bertz CT molecular complexity index is 279. The van der Waals surface area contributed by atoms with Crippen LogP contribution < -0.4 is 5.73 Å². The number of rotatable bonds is 3. The number of carbonyl (C=O) groups is 1. The Hall–Kier alpha value is -0.610. The van der Waals surface area contributed by atoms with Gasteiger partial charge in [-0.2, -0.15) is 0 Å². The van der Waals surface area contributed by atoms with E-state index in [1.54, 1.807) is 0 Å². The van der Waals surface area contributed by atoms with Gasteiger partial charge in [-0.1, -0.05) is 20.3 Å². The maximum absolute atomic E-state index is 12.3. The molecule has 0 spiro atoms. The first-order valence-corrected chi connectivity index (χ1v) is 6.49. The molecule has 1 heterocycles. The molecule has 100 valence electrons. The Morgan fingerprint density at radius 1 is 1.59 bits per heavy atom. The molecule has 1 aliphatic heterocycles. The van der Waals surface area contributed by atoms with Crippen LogP contribution in [0, 0.1) is 5.92 Å². The van der Waals surface area contributed by atoms with Gasteiger partial charge in [0.05, 0.1) is 17.7 Å². The van der Waals surface area contributed by atoms with Crippen molar-refractivity contribution in [2.24, 2.45) is 11.7 Å². The number of nitrogens with zero attached hydrogens (tertiary/aromatic N) is 1. The largest absolute Gasteiger partial charge is 0.369 e. The van der Waals surface area contributed by atoms with E-state index in [9.17, 15) is 4.79 Å². The van der Waals surface area contributed by atoms with Crippen molar-refractivity contribution in [2.45, 2.75) is 58.8 Å². The zero-order valence-corrected chi connectivity index (χ0v) is 11.7. The molecule has 0 radical (unpaired) electrons. The van der Waals surface area contributed by atoms with Gasteiger partial charge >= 0.3 is 0 Å². The highest BCUT2D eigenvalue weighted by molar-refractivity contribution is 5.82. The van der Waals surface area contributed by atoms with Crippen LogP contribution in [0.4, 0.5) is 0 Å². The lowest BCUT2D eigenvalue weighted by atomic mass is 9.97. The molecule has 1 amide bonds. The zero-order chi connectivity index (χ0) is 13.2. The van der Waals surface area contributed by atoms with Crippen LogP contribution in [-0.4, -0.2) is 41.6 Å². The first-order chi connectivity index (χ1) is 7.76. The topological polar surface area (TPSA) is 55.6 Å². The summed E-state index contributed by atoms with van der Waals surface area (Å²) in [6.07, 6.45) is 1.00. The van der Waals surface area contributed by atoms with Gasteiger partial charge in [0.1, 0.15) is 0 Å². The van der Waals surface area contributed by atoms with Crippen LogP contribution in [0.1, 0.15) is 41.0 Å². The van der Waals surface area contributed by atoms with Crippen molar-refractivity contribution in [3.8, 4) is 0 Å². The Morgan fingerprint density at radius 3 is 2.65 bits per heavy atom. The third-order valence-electron chi connectivity index (χ3n) is 3.42. The standard InChI is InChI=1S/C13H26N2O2/c1-6-9(2)11(14)12(16)15-7-10(3)17-13(4,5)8-15/h9-11H,6-8,14H2,1-5H3. The molecule has 1 saturated heterocycles. The Labute approximate surface area is 104 Å². The number of hydrogen-bond donors (Lipinski definition) is 1. The van der Waals surface area contributed by atoms with Crippen LogP contribution in [0.5, 0.6) is 0 Å². The summed E-state index contributed by atoms with van der Waals surface area (Å²) in [5, 5.41) is 0. The molecule has 3 atom stereocenters. The second-order valence-corrected chi connectivity index (χ2v) is 5.82. The summed E-state index contributed by atoms with van der Waals surface area (Å²) in [6, 6.07) is -0.388. The number of nitrogens with two attached hydrogens (primary N) is 1. The van der Waals surface area contributed by atoms with E-state index < -0.39 is 0 Å². The molecule has 2 N–H and O–H groups in total. The van der Waals surface area contributed by atoms with Crippen LogP contribution in [0.25, 0.3) is 0 Å². The summed E-state index contributed by atoms with van der Waals surface area (Å²) < 4.78 is 5.79. The van der Waals surface area contributed by atoms with Crippen molar-refractivity contribution < 1.29 is 9.53 Å². The van der Waals surface area contributed by atoms with Gasteiger partial charge in [0.15, 0.2) is 0 Å². The molecule has 0 aliphatic carbocycles. The Morgan fingerprint density at radius 2 is 2.18 bits per heavy atom. The second kappa shape index (κ2) is 5.36. The summed E-state index contributed by atoms with van der Waals surface area (Å²) in [6.45, 7) is 11.4. The van der Waals surface area contributed by atoms with E-state index in [0.29, 0.717) is 13.1 Å². The summed E-state index contributed by atoms with van der Waals surface area (Å²) in [5.41, 5.74) is 5.73. The predicted molar refractivity (Wildman–Crippen MR) is 68.6 cm³/mol. The number of morpholine rings is 1. The van der Waals surface area contributed by atoms with Gasteiger partial charge < -0.3 is 15.4 Å². The fourth-order valence-electron chi connectivity index (χ4n) is 2.33. The van der Waals surface area contributed by atoms with E-state index in [0.717, 1.165) is 6.42 Å². The van der Waals surface area contributed by atoms with Crippen LogP contribution in [0.15, 0.2) is 0 Å². The van der Waals surface area contributed by atoms with E-state index in [-0.39, 0.29) is 29.6 Å². The highest BCUT2D eigenvalue weighted by atomic mass is 16.5. The molecule has 17 heavy (non-hydrogen) atoms. The SMILES string of the molecule is CCC(C)C(N)C(=O)N1CC(C)OC(C)(C)C1. The van der Waals surface area contributed by atoms with Gasteiger partial charge in [-0.15, -0.1) is 0 Å². The quantitative estimate of drug-likeness (QED) is 0.813. The molecule has 0 aromatic heterocycles. The fourth-order valence-corrected chi connectivity index (χ4v) is 2.33. The molecule has 1 rings (SSSR count). The van der Waals surface area contributed by atoms with Crippen LogP contribution in [-0.2, 0) is 9.53 Å². The molecule has 1 aliphatic rings. The molecular weight excluding hydrogens is 216 g/mol. The predicted octanol–water partition coefficient (Wildman–Crippen LogP) is 1.39. The summed E-state index contributed by atoms with van der Waals surface area (Å²) >= 11 is 0. The monoisotopic (exact) mass is 242 g/mol. The number of ether oxygens (including phenoxy) is 1. The van der Waals surface area contributed by atoms with Crippen LogP contribution >= 0.6 is 0 Å². The van der Waals surface area contributed by atoms with Crippen molar-refractivity contribution in [2.75, 3.05) is 13.1 Å². The zero-order valence-electron chi connectivity index (χ0n) is 11.7. The van der Waals surface area contributed by atoms with E-state index in [2.05, 4.69) is 6.92 Å². The van der Waals surface area contributed by atoms with Gasteiger partial charge in [-0.05, 0) is 26.7 Å². The average Bonchev–Trinajstić information content (AvgIpc) is 2.23. The highest BCUT2D eigenvalue weighted by Gasteiger charge is 2.36. The van der Waals surface area contributed by atoms with Crippen molar-refractivity contribution in [1.82, 2.24) is 4.90 Å². The molecule has 3 unspecified atom stereocenters. The lowest BCUT2D eigenvalue weighted by molar-refractivity contribution is -0.160. The van der Waals surface area contributed by atoms with Gasteiger partial charge in [0.25, 0.3) is 0 Å². The fraction of sp³-hybridized carbons (Fsp3) is 0.923. The van der Waals surface area contributed by atoms with Gasteiger partial charge in [-0.3, -0.25) is 4.79 Å². The molecular formula is C13H26N2O2. The smallest absolute Gasteiger partial charge is 0.239 e. The van der Waals surface area contributed by atoms with Gasteiger partial charge in [-0.25, -0.2) is 0 Å². The Balaban J connectivity index is 2.69. The first-order valence-electron chi connectivity index (χ1n) is 6.49. The summed E-state index contributed by atoms with van der Waals surface area (Å²) in [7, 11) is 0. The second-order valence-electron chi connectivity index (χ2n) is 5.82. The van der Waals surface area contributed by atoms with Crippen molar-refractivity contribution >= 4 is 5.91 Å². The molecule has 1 fully saturated rings. The average molecular weight is 242 g/mol. The van der Waals surface area contributed by atoms with E-state index in [1.807, 2.05) is 32.6 Å². The molecule has 0 aromatic rings. The molecule has 4 heteroatoms. The number of carbonyl (C=O) groups excluding carboxylic acids is 1. The van der Waals surface area contributed by atoms with E-state index in [4.69, 9.17) is 10.5 Å². The third kappa shape index (κ3) is 3.68.